The van der Waals surface area contributed by atoms with E-state index in [1.54, 1.807) is 26.1 Å². The number of phenolic OH excluding ortho intramolecular Hbond substituents is 2. The maximum absolute atomic E-state index is 10.3. The summed E-state index contributed by atoms with van der Waals surface area (Å²) in [6.45, 7) is 3.34. The Kier molecular flexibility index (Phi) is 4.71. The maximum Gasteiger partial charge on any atom is 0.251 e. The monoisotopic (exact) mass is 412 g/mol. The van der Waals surface area contributed by atoms with Gasteiger partial charge in [-0.05, 0) is 37.5 Å². The van der Waals surface area contributed by atoms with Gasteiger partial charge in [-0.1, -0.05) is 11.3 Å². The summed E-state index contributed by atoms with van der Waals surface area (Å²) in [6, 6.07) is 5.00. The van der Waals surface area contributed by atoms with Crippen LogP contribution in [0.15, 0.2) is 44.9 Å². The van der Waals surface area contributed by atoms with E-state index in [4.69, 9.17) is 0 Å². The van der Waals surface area contributed by atoms with E-state index >= 15 is 0 Å². The van der Waals surface area contributed by atoms with Gasteiger partial charge in [-0.15, -0.1) is 30.7 Å². The Morgan fingerprint density at radius 2 is 1.71 bits per heavy atom. The number of benzene rings is 1. The van der Waals surface area contributed by atoms with Gasteiger partial charge in [0.2, 0.25) is 0 Å². The molecule has 0 fully saturated rings. The Labute approximate surface area is 166 Å². The molecule has 3 aromatic heterocycles. The average Bonchev–Trinajstić information content (AvgIpc) is 3.31. The predicted molar refractivity (Wildman–Crippen MR) is 105 cm³/mol. The molecule has 2 N–H and O–H groups in total. The summed E-state index contributed by atoms with van der Waals surface area (Å²) in [6.07, 6.45) is 1.64. The molecule has 0 aliphatic rings. The second-order valence-corrected chi connectivity index (χ2v) is 7.51. The van der Waals surface area contributed by atoms with Crippen molar-refractivity contribution in [2.24, 2.45) is 20.5 Å². The molecule has 0 bridgehead atoms. The second-order valence-electron chi connectivity index (χ2n) is 5.60. The number of rotatable bonds is 4. The number of aromatic hydroxyl groups is 2. The molecule has 0 spiro atoms. The van der Waals surface area contributed by atoms with Crippen molar-refractivity contribution < 1.29 is 10.2 Å². The molecule has 0 saturated heterocycles. The van der Waals surface area contributed by atoms with Crippen LogP contribution in [0.25, 0.3) is 11.0 Å². The first-order chi connectivity index (χ1) is 13.5. The third-order valence-corrected chi connectivity index (χ3v) is 5.15. The minimum atomic E-state index is -0.202. The van der Waals surface area contributed by atoms with Crippen LogP contribution in [0.1, 0.15) is 10.6 Å². The number of azo groups is 2. The number of phenols is 2. The zero-order valence-corrected chi connectivity index (χ0v) is 16.2. The van der Waals surface area contributed by atoms with E-state index in [9.17, 15) is 10.2 Å². The molecule has 1 aromatic carbocycles. The van der Waals surface area contributed by atoms with Gasteiger partial charge in [-0.25, -0.2) is 0 Å². The quantitative estimate of drug-likeness (QED) is 0.430. The van der Waals surface area contributed by atoms with Gasteiger partial charge in [0.05, 0.1) is 0 Å². The van der Waals surface area contributed by atoms with Crippen LogP contribution in [0, 0.1) is 13.8 Å². The molecule has 0 aliphatic carbocycles. The topological polar surface area (TPSA) is 141 Å². The zero-order chi connectivity index (χ0) is 19.7. The smallest absolute Gasteiger partial charge is 0.251 e. The van der Waals surface area contributed by atoms with Gasteiger partial charge in [-0.3, -0.25) is 4.98 Å². The normalized spacial score (nSPS) is 11.9. The van der Waals surface area contributed by atoms with Gasteiger partial charge in [0.1, 0.15) is 38.9 Å². The van der Waals surface area contributed by atoms with Crippen LogP contribution < -0.4 is 0 Å². The van der Waals surface area contributed by atoms with E-state index in [0.717, 1.165) is 22.1 Å². The SMILES string of the molecule is Cc1nnc(/N=N/c2cc(/N=N/c3snc4cccnc34)c(O)c(C)c2O)s1. The first kappa shape index (κ1) is 18.0. The lowest BCUT2D eigenvalue weighted by molar-refractivity contribution is 0.445. The highest BCUT2D eigenvalue weighted by molar-refractivity contribution is 7.14. The average molecular weight is 412 g/mol. The number of hydrogen-bond donors (Lipinski definition) is 2. The number of nitrogens with zero attached hydrogens (tertiary/aromatic N) is 8. The highest BCUT2D eigenvalue weighted by Gasteiger charge is 2.15. The molecule has 0 amide bonds. The molecule has 28 heavy (non-hydrogen) atoms. The lowest BCUT2D eigenvalue weighted by Crippen LogP contribution is -1.79. The van der Waals surface area contributed by atoms with Crippen molar-refractivity contribution in [3.05, 3.63) is 35.0 Å². The molecule has 0 aliphatic heterocycles. The van der Waals surface area contributed by atoms with Crippen molar-refractivity contribution in [2.45, 2.75) is 13.8 Å². The van der Waals surface area contributed by atoms with E-state index in [1.807, 2.05) is 6.07 Å². The molecular formula is C16H12N8O2S2. The van der Waals surface area contributed by atoms with Crippen LogP contribution in [-0.4, -0.2) is 29.8 Å². The number of pyridine rings is 1. The molecule has 12 heteroatoms. The van der Waals surface area contributed by atoms with Gasteiger partial charge in [0, 0.05) is 17.8 Å². The van der Waals surface area contributed by atoms with Crippen molar-refractivity contribution in [1.82, 2.24) is 19.6 Å². The van der Waals surface area contributed by atoms with Gasteiger partial charge in [0.25, 0.3) is 5.13 Å². The van der Waals surface area contributed by atoms with E-state index in [0.29, 0.717) is 15.6 Å². The summed E-state index contributed by atoms with van der Waals surface area (Å²) in [4.78, 5) is 4.24. The summed E-state index contributed by atoms with van der Waals surface area (Å²) in [7, 11) is 0. The predicted octanol–water partition coefficient (Wildman–Crippen LogP) is 5.40. The van der Waals surface area contributed by atoms with Gasteiger partial charge in [-0.2, -0.15) is 4.37 Å². The molecular weight excluding hydrogens is 400 g/mol. The fourth-order valence-electron chi connectivity index (χ4n) is 2.27. The number of aromatic nitrogens is 4. The first-order valence-electron chi connectivity index (χ1n) is 7.92. The fourth-order valence-corrected chi connectivity index (χ4v) is 3.44. The molecule has 0 radical (unpaired) electrons. The minimum Gasteiger partial charge on any atom is -0.505 e. The van der Waals surface area contributed by atoms with Crippen LogP contribution in [0.4, 0.5) is 21.5 Å². The molecule has 140 valence electrons. The number of hydrogen-bond acceptors (Lipinski definition) is 12. The van der Waals surface area contributed by atoms with Gasteiger partial charge >= 0.3 is 0 Å². The first-order valence-corrected chi connectivity index (χ1v) is 9.51. The third-order valence-electron chi connectivity index (χ3n) is 3.70. The van der Waals surface area contributed by atoms with E-state index < -0.39 is 0 Å². The largest absolute Gasteiger partial charge is 0.505 e. The van der Waals surface area contributed by atoms with E-state index in [-0.39, 0.29) is 28.4 Å². The number of fused-ring (bicyclic) bond motifs is 1. The minimum absolute atomic E-state index is 0.129. The second kappa shape index (κ2) is 7.32. The Balaban J connectivity index is 1.70. The molecule has 0 atom stereocenters. The molecule has 0 unspecified atom stereocenters. The van der Waals surface area contributed by atoms with Crippen LogP contribution in [-0.2, 0) is 0 Å². The third kappa shape index (κ3) is 3.42. The maximum atomic E-state index is 10.3. The standard InChI is InChI=1S/C16H12N8O2S2/c1-7-13(25)10(19-21-15-12-9(24-28-15)4-3-5-17-12)6-11(14(7)26)20-23-16-22-18-8(2)27-16/h3-6,25-26H,1-2H3/b21-19+,23-20+. The Morgan fingerprint density at radius 3 is 2.43 bits per heavy atom. The molecule has 3 heterocycles. The molecule has 0 saturated carbocycles. The molecule has 4 rings (SSSR count). The summed E-state index contributed by atoms with van der Waals surface area (Å²) < 4.78 is 4.25. The lowest BCUT2D eigenvalue weighted by atomic mass is 10.1. The lowest BCUT2D eigenvalue weighted by Gasteiger charge is -2.06. The molecule has 10 nitrogen and oxygen atoms in total. The van der Waals surface area contributed by atoms with E-state index in [1.165, 1.54) is 17.4 Å². The highest BCUT2D eigenvalue weighted by Crippen LogP contribution is 2.44. The van der Waals surface area contributed by atoms with E-state index in [2.05, 4.69) is 40.0 Å². The Hall–Kier alpha value is -3.38. The van der Waals surface area contributed by atoms with Crippen molar-refractivity contribution in [3.8, 4) is 11.5 Å². The molecule has 4 aromatic rings. The Bertz CT molecular complexity index is 1230. The van der Waals surface area contributed by atoms with Crippen LogP contribution in [0.3, 0.4) is 0 Å². The fraction of sp³-hybridized carbons (Fsp3) is 0.125. The summed E-state index contributed by atoms with van der Waals surface area (Å²) in [5.41, 5.74) is 1.82. The summed E-state index contributed by atoms with van der Waals surface area (Å²) >= 11 is 2.42. The van der Waals surface area contributed by atoms with Crippen molar-refractivity contribution in [3.63, 3.8) is 0 Å². The van der Waals surface area contributed by atoms with Crippen LogP contribution >= 0.6 is 22.9 Å². The van der Waals surface area contributed by atoms with Crippen molar-refractivity contribution in [1.29, 1.82) is 0 Å². The highest BCUT2D eigenvalue weighted by atomic mass is 32.1. The van der Waals surface area contributed by atoms with Crippen LogP contribution in [0.5, 0.6) is 11.5 Å². The number of aryl methyl sites for hydroxylation is 1. The zero-order valence-electron chi connectivity index (χ0n) is 14.6. The van der Waals surface area contributed by atoms with Crippen molar-refractivity contribution >= 4 is 55.4 Å². The van der Waals surface area contributed by atoms with Crippen LogP contribution in [0.2, 0.25) is 0 Å². The summed E-state index contributed by atoms with van der Waals surface area (Å²) in [5, 5.41) is 46.0. The van der Waals surface area contributed by atoms with Gasteiger partial charge in [0.15, 0.2) is 5.00 Å². The summed E-state index contributed by atoms with van der Waals surface area (Å²) in [5.74, 6) is -0.403. The Morgan fingerprint density at radius 1 is 0.964 bits per heavy atom. The van der Waals surface area contributed by atoms with Gasteiger partial charge < -0.3 is 10.2 Å². The van der Waals surface area contributed by atoms with Crippen molar-refractivity contribution in [2.75, 3.05) is 0 Å².